The van der Waals surface area contributed by atoms with Crippen molar-refractivity contribution in [1.82, 2.24) is 9.97 Å². The minimum absolute atomic E-state index is 0.616. The Morgan fingerprint density at radius 1 is 1.21 bits per heavy atom. The number of para-hydroxylation sites is 2. The lowest BCUT2D eigenvalue weighted by molar-refractivity contribution is 0.342. The summed E-state index contributed by atoms with van der Waals surface area (Å²) in [5.74, 6) is 2.21. The molecule has 0 saturated heterocycles. The van der Waals surface area contributed by atoms with Crippen molar-refractivity contribution < 1.29 is 4.74 Å². The van der Waals surface area contributed by atoms with Crippen LogP contribution in [0.3, 0.4) is 0 Å². The van der Waals surface area contributed by atoms with Crippen molar-refractivity contribution >= 4 is 33.3 Å². The molecule has 0 unspecified atom stereocenters. The van der Waals surface area contributed by atoms with Crippen LogP contribution in [0.15, 0.2) is 35.1 Å². The fourth-order valence-corrected chi connectivity index (χ4v) is 2.11. The predicted molar refractivity (Wildman–Crippen MR) is 80.2 cm³/mol. The van der Waals surface area contributed by atoms with Crippen molar-refractivity contribution in [3.05, 3.63) is 35.1 Å². The summed E-state index contributed by atoms with van der Waals surface area (Å²) >= 11 is 3.47. The van der Waals surface area contributed by atoms with E-state index in [4.69, 9.17) is 4.74 Å². The van der Waals surface area contributed by atoms with E-state index in [0.717, 1.165) is 21.7 Å². The standard InChI is InChI=1S/C13H15BrN4O/c1-3-19-10-7-5-4-6-9(10)18-13-11(14)12(15-2)16-8-17-13/h4-8H,3H2,1-2H3,(H2,15,16,17,18). The van der Waals surface area contributed by atoms with Crippen LogP contribution >= 0.6 is 15.9 Å². The van der Waals surface area contributed by atoms with Gasteiger partial charge in [-0.1, -0.05) is 12.1 Å². The highest BCUT2D eigenvalue weighted by molar-refractivity contribution is 9.10. The van der Waals surface area contributed by atoms with Gasteiger partial charge in [0, 0.05) is 7.05 Å². The van der Waals surface area contributed by atoms with Crippen LogP contribution in [0.1, 0.15) is 6.92 Å². The number of nitrogens with zero attached hydrogens (tertiary/aromatic N) is 2. The average Bonchev–Trinajstić information content (AvgIpc) is 2.43. The van der Waals surface area contributed by atoms with Gasteiger partial charge < -0.3 is 15.4 Å². The maximum absolute atomic E-state index is 5.57. The van der Waals surface area contributed by atoms with Crippen LogP contribution < -0.4 is 15.4 Å². The van der Waals surface area contributed by atoms with Crippen molar-refractivity contribution in [1.29, 1.82) is 0 Å². The molecule has 1 aromatic carbocycles. The van der Waals surface area contributed by atoms with Crippen LogP contribution in [0.25, 0.3) is 0 Å². The molecule has 0 bridgehead atoms. The van der Waals surface area contributed by atoms with Crippen LogP contribution in [-0.4, -0.2) is 23.6 Å². The Kier molecular flexibility index (Phi) is 4.57. The van der Waals surface area contributed by atoms with Gasteiger partial charge in [0.2, 0.25) is 0 Å². The molecule has 0 amide bonds. The van der Waals surface area contributed by atoms with E-state index in [1.54, 1.807) is 0 Å². The zero-order valence-corrected chi connectivity index (χ0v) is 12.4. The van der Waals surface area contributed by atoms with Gasteiger partial charge in [-0.25, -0.2) is 9.97 Å². The van der Waals surface area contributed by atoms with Crippen molar-refractivity contribution in [2.75, 3.05) is 24.3 Å². The Bertz CT molecular complexity index is 562. The molecule has 0 fully saturated rings. The molecule has 5 nitrogen and oxygen atoms in total. The van der Waals surface area contributed by atoms with E-state index < -0.39 is 0 Å². The van der Waals surface area contributed by atoms with E-state index in [1.807, 2.05) is 38.2 Å². The average molecular weight is 323 g/mol. The van der Waals surface area contributed by atoms with Crippen LogP contribution in [0, 0.1) is 0 Å². The third-order valence-corrected chi connectivity index (χ3v) is 3.22. The second-order valence-electron chi connectivity index (χ2n) is 3.69. The Morgan fingerprint density at radius 2 is 1.95 bits per heavy atom. The van der Waals surface area contributed by atoms with Crippen LogP contribution in [0.2, 0.25) is 0 Å². The SMILES string of the molecule is CCOc1ccccc1Nc1ncnc(NC)c1Br. The van der Waals surface area contributed by atoms with E-state index in [2.05, 4.69) is 36.5 Å². The molecule has 0 aliphatic carbocycles. The fraction of sp³-hybridized carbons (Fsp3) is 0.231. The third kappa shape index (κ3) is 3.14. The van der Waals surface area contributed by atoms with Crippen molar-refractivity contribution in [2.45, 2.75) is 6.92 Å². The van der Waals surface area contributed by atoms with Crippen LogP contribution in [0.4, 0.5) is 17.3 Å². The summed E-state index contributed by atoms with van der Waals surface area (Å²) < 4.78 is 6.35. The van der Waals surface area contributed by atoms with Gasteiger partial charge in [0.1, 0.15) is 28.2 Å². The molecular weight excluding hydrogens is 308 g/mol. The predicted octanol–water partition coefficient (Wildman–Crippen LogP) is 3.42. The lowest BCUT2D eigenvalue weighted by Gasteiger charge is -2.13. The smallest absolute Gasteiger partial charge is 0.150 e. The number of benzene rings is 1. The molecular formula is C13H15BrN4O. The number of nitrogens with one attached hydrogen (secondary N) is 2. The Balaban J connectivity index is 2.31. The van der Waals surface area contributed by atoms with Crippen LogP contribution in [0.5, 0.6) is 5.75 Å². The maximum Gasteiger partial charge on any atom is 0.150 e. The van der Waals surface area contributed by atoms with Crippen molar-refractivity contribution in [3.8, 4) is 5.75 Å². The Morgan fingerprint density at radius 3 is 2.68 bits per heavy atom. The van der Waals surface area contributed by atoms with Gasteiger partial charge in [0.05, 0.1) is 12.3 Å². The molecule has 1 heterocycles. The topological polar surface area (TPSA) is 59.1 Å². The zero-order valence-electron chi connectivity index (χ0n) is 10.8. The lowest BCUT2D eigenvalue weighted by atomic mass is 10.3. The van der Waals surface area contributed by atoms with Crippen LogP contribution in [-0.2, 0) is 0 Å². The molecule has 0 aliphatic heterocycles. The monoisotopic (exact) mass is 322 g/mol. The van der Waals surface area contributed by atoms with E-state index in [1.165, 1.54) is 6.33 Å². The summed E-state index contributed by atoms with van der Waals surface area (Å²) in [5, 5.41) is 6.23. The summed E-state index contributed by atoms with van der Waals surface area (Å²) in [6.07, 6.45) is 1.50. The summed E-state index contributed by atoms with van der Waals surface area (Å²) in [7, 11) is 1.81. The first-order valence-electron chi connectivity index (χ1n) is 5.93. The molecule has 0 radical (unpaired) electrons. The minimum Gasteiger partial charge on any atom is -0.492 e. The van der Waals surface area contributed by atoms with Gasteiger partial charge in [0.25, 0.3) is 0 Å². The zero-order chi connectivity index (χ0) is 13.7. The fourth-order valence-electron chi connectivity index (χ4n) is 1.61. The molecule has 6 heteroatoms. The number of hydrogen-bond acceptors (Lipinski definition) is 5. The number of hydrogen-bond donors (Lipinski definition) is 2. The van der Waals surface area contributed by atoms with E-state index in [0.29, 0.717) is 12.4 Å². The van der Waals surface area contributed by atoms with Gasteiger partial charge in [-0.15, -0.1) is 0 Å². The normalized spacial score (nSPS) is 10.1. The summed E-state index contributed by atoms with van der Waals surface area (Å²) in [6, 6.07) is 7.74. The Labute approximate surface area is 120 Å². The molecule has 2 N–H and O–H groups in total. The molecule has 100 valence electrons. The van der Waals surface area contributed by atoms with Gasteiger partial charge in [-0.3, -0.25) is 0 Å². The molecule has 2 rings (SSSR count). The quantitative estimate of drug-likeness (QED) is 0.883. The van der Waals surface area contributed by atoms with E-state index in [-0.39, 0.29) is 0 Å². The summed E-state index contributed by atoms with van der Waals surface area (Å²) in [4.78, 5) is 8.34. The number of halogens is 1. The molecule has 0 spiro atoms. The first kappa shape index (κ1) is 13.6. The molecule has 0 saturated carbocycles. The lowest BCUT2D eigenvalue weighted by Crippen LogP contribution is -2.02. The second-order valence-corrected chi connectivity index (χ2v) is 4.48. The first-order chi connectivity index (χ1) is 9.26. The molecule has 1 aromatic heterocycles. The Hall–Kier alpha value is -1.82. The van der Waals surface area contributed by atoms with E-state index in [9.17, 15) is 0 Å². The van der Waals surface area contributed by atoms with E-state index >= 15 is 0 Å². The third-order valence-electron chi connectivity index (χ3n) is 2.47. The number of rotatable bonds is 5. The number of ether oxygens (including phenoxy) is 1. The second kappa shape index (κ2) is 6.38. The summed E-state index contributed by atoms with van der Waals surface area (Å²) in [5.41, 5.74) is 0.866. The highest BCUT2D eigenvalue weighted by atomic mass is 79.9. The molecule has 2 aromatic rings. The molecule has 0 aliphatic rings. The first-order valence-corrected chi connectivity index (χ1v) is 6.72. The highest BCUT2D eigenvalue weighted by Crippen LogP contribution is 2.32. The van der Waals surface area contributed by atoms with Gasteiger partial charge in [-0.2, -0.15) is 0 Å². The largest absolute Gasteiger partial charge is 0.492 e. The van der Waals surface area contributed by atoms with Gasteiger partial charge in [0.15, 0.2) is 0 Å². The van der Waals surface area contributed by atoms with Gasteiger partial charge in [-0.05, 0) is 35.0 Å². The highest BCUT2D eigenvalue weighted by Gasteiger charge is 2.09. The van der Waals surface area contributed by atoms with Crippen molar-refractivity contribution in [3.63, 3.8) is 0 Å². The number of aromatic nitrogens is 2. The van der Waals surface area contributed by atoms with Gasteiger partial charge >= 0.3 is 0 Å². The maximum atomic E-state index is 5.57. The molecule has 0 atom stereocenters. The number of anilines is 3. The minimum atomic E-state index is 0.616. The van der Waals surface area contributed by atoms with Crippen molar-refractivity contribution in [2.24, 2.45) is 0 Å². The summed E-state index contributed by atoms with van der Waals surface area (Å²) in [6.45, 7) is 2.57. The molecule has 19 heavy (non-hydrogen) atoms.